The first kappa shape index (κ1) is 14.8. The molecule has 25 heavy (non-hydrogen) atoms. The van der Waals surface area contributed by atoms with Crippen LogP contribution in [0.15, 0.2) is 45.3 Å². The van der Waals surface area contributed by atoms with Gasteiger partial charge in [0.1, 0.15) is 17.2 Å². The predicted molar refractivity (Wildman–Crippen MR) is 85.8 cm³/mol. The first-order chi connectivity index (χ1) is 11.9. The molecule has 0 fully saturated rings. The van der Waals surface area contributed by atoms with E-state index in [1.165, 1.54) is 11.9 Å². The number of carbonyl (C=O) groups excluding carboxylic acids is 1. The van der Waals surface area contributed by atoms with Crippen molar-refractivity contribution in [3.8, 4) is 11.9 Å². The van der Waals surface area contributed by atoms with Crippen molar-refractivity contribution in [3.63, 3.8) is 0 Å². The number of nitriles is 1. The van der Waals surface area contributed by atoms with Gasteiger partial charge in [0.25, 0.3) is 5.56 Å². The van der Waals surface area contributed by atoms with Gasteiger partial charge in [0, 0.05) is 18.3 Å². The lowest BCUT2D eigenvalue weighted by Crippen LogP contribution is -2.49. The number of fused-ring (bicyclic) bond motifs is 4. The minimum Gasteiger partial charge on any atom is -0.423 e. The van der Waals surface area contributed by atoms with Gasteiger partial charge < -0.3 is 15.4 Å². The summed E-state index contributed by atoms with van der Waals surface area (Å²) in [5.74, 6) is -1.12. The maximum absolute atomic E-state index is 13.2. The predicted octanol–water partition coefficient (Wildman–Crippen LogP) is -0.588. The minimum absolute atomic E-state index is 0.167. The molecule has 0 bridgehead atoms. The number of carbonyl (C=O) groups is 1. The number of nitrogens with one attached hydrogen (secondary N) is 2. The molecule has 1 unspecified atom stereocenters. The second-order valence-electron chi connectivity index (χ2n) is 5.70. The van der Waals surface area contributed by atoms with Crippen molar-refractivity contribution < 1.29 is 9.53 Å². The maximum Gasteiger partial charge on any atom is 0.328 e. The van der Waals surface area contributed by atoms with Gasteiger partial charge in [-0.25, -0.2) is 4.79 Å². The van der Waals surface area contributed by atoms with Crippen molar-refractivity contribution in [2.75, 3.05) is 11.9 Å². The Bertz CT molecular complexity index is 1140. The number of para-hydroxylation sites is 1. The smallest absolute Gasteiger partial charge is 0.328 e. The highest BCUT2D eigenvalue weighted by Crippen LogP contribution is 2.52. The fourth-order valence-corrected chi connectivity index (χ4v) is 3.54. The normalized spacial score (nSPS) is 21.0. The number of ether oxygens (including phenoxy) is 1. The molecule has 0 aliphatic carbocycles. The number of nitrogens with two attached hydrogens (primary N) is 1. The summed E-state index contributed by atoms with van der Waals surface area (Å²) < 4.78 is 5.27. The molecule has 4 rings (SSSR count). The molecule has 1 aromatic heterocycles. The van der Waals surface area contributed by atoms with E-state index in [2.05, 4.69) is 9.97 Å². The molecule has 2 aromatic rings. The Morgan fingerprint density at radius 3 is 2.68 bits per heavy atom. The molecule has 2 aliphatic rings. The van der Waals surface area contributed by atoms with Crippen LogP contribution in [0.5, 0.6) is 5.88 Å². The number of anilines is 1. The van der Waals surface area contributed by atoms with E-state index in [9.17, 15) is 19.6 Å². The Labute approximate surface area is 140 Å². The van der Waals surface area contributed by atoms with Gasteiger partial charge in [-0.3, -0.25) is 19.6 Å². The third-order valence-corrected chi connectivity index (χ3v) is 4.52. The Morgan fingerprint density at radius 2 is 1.96 bits per heavy atom. The van der Waals surface area contributed by atoms with Gasteiger partial charge in [0.2, 0.25) is 17.7 Å². The maximum atomic E-state index is 13.2. The van der Waals surface area contributed by atoms with Gasteiger partial charge >= 0.3 is 5.69 Å². The first-order valence-corrected chi connectivity index (χ1v) is 7.25. The van der Waals surface area contributed by atoms with E-state index in [1.807, 2.05) is 6.07 Å². The monoisotopic (exact) mass is 337 g/mol. The van der Waals surface area contributed by atoms with Crippen LogP contribution in [0.4, 0.5) is 5.69 Å². The van der Waals surface area contributed by atoms with Crippen molar-refractivity contribution in [3.05, 3.63) is 67.7 Å². The van der Waals surface area contributed by atoms with Gasteiger partial charge in [-0.1, -0.05) is 18.2 Å². The van der Waals surface area contributed by atoms with E-state index in [4.69, 9.17) is 10.5 Å². The molecule has 1 aromatic carbocycles. The summed E-state index contributed by atoms with van der Waals surface area (Å²) in [7, 11) is 1.54. The summed E-state index contributed by atoms with van der Waals surface area (Å²) in [6, 6.07) is 8.66. The molecule has 124 valence electrons. The van der Waals surface area contributed by atoms with E-state index in [0.29, 0.717) is 11.3 Å². The third kappa shape index (κ3) is 1.57. The molecule has 1 spiro atoms. The highest BCUT2D eigenvalue weighted by molar-refractivity contribution is 6.13. The number of rotatable bonds is 0. The van der Waals surface area contributed by atoms with Gasteiger partial charge in [0.05, 0.1) is 0 Å². The lowest BCUT2D eigenvalue weighted by atomic mass is 9.70. The van der Waals surface area contributed by atoms with Crippen LogP contribution in [0, 0.1) is 11.3 Å². The number of hydrogen-bond donors (Lipinski definition) is 3. The van der Waals surface area contributed by atoms with Crippen LogP contribution in [0.1, 0.15) is 11.1 Å². The molecule has 1 atom stereocenters. The number of benzene rings is 1. The SMILES string of the molecule is CN1C(=O)C2(C(C#N)=C(N)Oc3[nH]c(=O)[nH]c(=O)c32)c2ccccc21. The Kier molecular flexibility index (Phi) is 2.72. The zero-order chi connectivity index (χ0) is 17.9. The lowest BCUT2D eigenvalue weighted by molar-refractivity contribution is -0.120. The Hall–Kier alpha value is -3.80. The van der Waals surface area contributed by atoms with Crippen LogP contribution < -0.4 is 26.6 Å². The number of amides is 1. The van der Waals surface area contributed by atoms with E-state index in [0.717, 1.165) is 0 Å². The van der Waals surface area contributed by atoms with Crippen LogP contribution in [-0.2, 0) is 10.2 Å². The Morgan fingerprint density at radius 1 is 1.24 bits per heavy atom. The second-order valence-corrected chi connectivity index (χ2v) is 5.70. The molecule has 9 heteroatoms. The van der Waals surface area contributed by atoms with Crippen LogP contribution in [0.2, 0.25) is 0 Å². The van der Waals surface area contributed by atoms with Gasteiger partial charge in [-0.15, -0.1) is 0 Å². The number of likely N-dealkylation sites (N-methyl/N-ethyl adjacent to an activating group) is 1. The molecule has 0 saturated carbocycles. The number of nitrogens with zero attached hydrogens (tertiary/aromatic N) is 2. The molecular weight excluding hydrogens is 326 g/mol. The van der Waals surface area contributed by atoms with Crippen LogP contribution >= 0.6 is 0 Å². The largest absolute Gasteiger partial charge is 0.423 e. The Balaban J connectivity index is 2.26. The molecule has 9 nitrogen and oxygen atoms in total. The quantitative estimate of drug-likeness (QED) is 0.586. The number of H-pyrrole nitrogens is 2. The summed E-state index contributed by atoms with van der Waals surface area (Å²) in [5.41, 5.74) is 3.05. The van der Waals surface area contributed by atoms with Crippen molar-refractivity contribution in [2.45, 2.75) is 5.41 Å². The first-order valence-electron chi connectivity index (χ1n) is 7.25. The van der Waals surface area contributed by atoms with Gasteiger partial charge in [-0.05, 0) is 6.07 Å². The zero-order valence-corrected chi connectivity index (χ0v) is 12.9. The van der Waals surface area contributed by atoms with Crippen LogP contribution in [-0.4, -0.2) is 22.9 Å². The fourth-order valence-electron chi connectivity index (χ4n) is 3.54. The number of aromatic amines is 2. The van der Waals surface area contributed by atoms with Gasteiger partial charge in [-0.2, -0.15) is 5.26 Å². The summed E-state index contributed by atoms with van der Waals surface area (Å²) in [4.78, 5) is 43.2. The van der Waals surface area contributed by atoms with Crippen molar-refractivity contribution in [2.24, 2.45) is 5.73 Å². The summed E-state index contributed by atoms with van der Waals surface area (Å²) >= 11 is 0. The highest BCUT2D eigenvalue weighted by atomic mass is 16.5. The van der Waals surface area contributed by atoms with Crippen molar-refractivity contribution in [1.82, 2.24) is 9.97 Å². The molecular formula is C16H11N5O4. The minimum atomic E-state index is -1.77. The van der Waals surface area contributed by atoms with E-state index >= 15 is 0 Å². The molecule has 1 amide bonds. The van der Waals surface area contributed by atoms with Crippen molar-refractivity contribution in [1.29, 1.82) is 5.26 Å². The van der Waals surface area contributed by atoms with Crippen LogP contribution in [0.3, 0.4) is 0 Å². The topological polar surface area (TPSA) is 145 Å². The van der Waals surface area contributed by atoms with E-state index in [1.54, 1.807) is 24.3 Å². The van der Waals surface area contributed by atoms with Crippen molar-refractivity contribution >= 4 is 11.6 Å². The summed E-state index contributed by atoms with van der Waals surface area (Å²) in [6.07, 6.45) is 0. The standard InChI is InChI=1S/C16H11N5O4/c1-21-9-5-3-2-4-7(9)16(14(21)23)8(6-17)11(18)25-13-10(16)12(22)19-15(24)20-13/h2-5H,18H2,1H3,(H2,19,20,22,24). The van der Waals surface area contributed by atoms with Crippen LogP contribution in [0.25, 0.3) is 0 Å². The molecule has 2 aliphatic heterocycles. The third-order valence-electron chi connectivity index (χ3n) is 4.52. The van der Waals surface area contributed by atoms with E-state index in [-0.39, 0.29) is 22.9 Å². The molecule has 4 N–H and O–H groups in total. The van der Waals surface area contributed by atoms with E-state index < -0.39 is 22.6 Å². The number of aromatic nitrogens is 2. The fraction of sp³-hybridized carbons (Fsp3) is 0.125. The lowest BCUT2D eigenvalue weighted by Gasteiger charge is -2.32. The molecule has 0 saturated heterocycles. The average molecular weight is 337 g/mol. The second kappa shape index (κ2) is 4.61. The number of hydrogen-bond acceptors (Lipinski definition) is 6. The van der Waals surface area contributed by atoms with Gasteiger partial charge in [0.15, 0.2) is 5.41 Å². The summed E-state index contributed by atoms with van der Waals surface area (Å²) in [5, 5.41) is 9.66. The molecule has 0 radical (unpaired) electrons. The zero-order valence-electron chi connectivity index (χ0n) is 12.9. The summed E-state index contributed by atoms with van der Waals surface area (Å²) in [6.45, 7) is 0. The molecule has 3 heterocycles. The average Bonchev–Trinajstić information content (AvgIpc) is 2.78. The highest BCUT2D eigenvalue weighted by Gasteiger charge is 2.60.